The Hall–Kier alpha value is -2.95. The molecule has 25 heavy (non-hydrogen) atoms. The zero-order chi connectivity index (χ0) is 17.4. The van der Waals surface area contributed by atoms with Gasteiger partial charge >= 0.3 is 6.03 Å². The average molecular weight is 338 g/mol. The van der Waals surface area contributed by atoms with E-state index >= 15 is 0 Å². The van der Waals surface area contributed by atoms with Gasteiger partial charge in [-0.15, -0.1) is 0 Å². The molecule has 1 aliphatic carbocycles. The molecule has 2 amide bonds. The number of benzene rings is 3. The van der Waals surface area contributed by atoms with Gasteiger partial charge < -0.3 is 10.6 Å². The molecule has 1 saturated carbocycles. The number of carbonyl (C=O) groups is 1. The summed E-state index contributed by atoms with van der Waals surface area (Å²) in [5, 5.41) is 7.57. The molecule has 5 heteroatoms. The third kappa shape index (κ3) is 3.05. The molecule has 0 heterocycles. The van der Waals surface area contributed by atoms with E-state index in [1.807, 2.05) is 42.5 Å². The first-order chi connectivity index (χ1) is 12.1. The minimum Gasteiger partial charge on any atom is -0.334 e. The molecule has 0 spiro atoms. The van der Waals surface area contributed by atoms with E-state index in [4.69, 9.17) is 0 Å². The lowest BCUT2D eigenvalue weighted by atomic mass is 10.1. The van der Waals surface area contributed by atoms with E-state index in [1.165, 1.54) is 18.2 Å². The highest BCUT2D eigenvalue weighted by Gasteiger charge is 2.42. The van der Waals surface area contributed by atoms with Crippen molar-refractivity contribution >= 4 is 22.5 Å². The summed E-state index contributed by atoms with van der Waals surface area (Å²) in [5.74, 6) is -1.45. The zero-order valence-corrected chi connectivity index (χ0v) is 13.3. The molecule has 126 valence electrons. The van der Waals surface area contributed by atoms with Crippen LogP contribution in [0.25, 0.3) is 10.8 Å². The molecule has 3 aromatic carbocycles. The van der Waals surface area contributed by atoms with Crippen LogP contribution in [-0.4, -0.2) is 12.1 Å². The van der Waals surface area contributed by atoms with Gasteiger partial charge in [0.15, 0.2) is 0 Å². The number of halogens is 2. The lowest BCUT2D eigenvalue weighted by Gasteiger charge is -2.10. The number of anilines is 1. The first-order valence-corrected chi connectivity index (χ1v) is 8.12. The van der Waals surface area contributed by atoms with Crippen molar-refractivity contribution in [2.45, 2.75) is 18.4 Å². The Morgan fingerprint density at radius 2 is 1.60 bits per heavy atom. The van der Waals surface area contributed by atoms with Crippen LogP contribution in [0.4, 0.5) is 19.3 Å². The fraction of sp³-hybridized carbons (Fsp3) is 0.150. The first-order valence-electron chi connectivity index (χ1n) is 8.12. The molecule has 0 aliphatic heterocycles. The van der Waals surface area contributed by atoms with Crippen LogP contribution < -0.4 is 10.6 Å². The van der Waals surface area contributed by atoms with Crippen LogP contribution in [0.1, 0.15) is 17.9 Å². The summed E-state index contributed by atoms with van der Waals surface area (Å²) in [6.45, 7) is 0. The largest absolute Gasteiger partial charge is 0.334 e. The Bertz CT molecular complexity index is 932. The third-order valence-electron chi connectivity index (χ3n) is 4.52. The second-order valence-corrected chi connectivity index (χ2v) is 6.21. The molecule has 0 aromatic heterocycles. The number of hydrogen-bond acceptors (Lipinski definition) is 1. The highest BCUT2D eigenvalue weighted by atomic mass is 19.1. The molecule has 3 nitrogen and oxygen atoms in total. The lowest BCUT2D eigenvalue weighted by molar-refractivity contribution is 0.251. The normalized spacial score (nSPS) is 18.8. The number of nitrogens with one attached hydrogen (secondary N) is 2. The van der Waals surface area contributed by atoms with E-state index in [9.17, 15) is 13.6 Å². The lowest BCUT2D eigenvalue weighted by Crippen LogP contribution is -2.31. The maximum Gasteiger partial charge on any atom is 0.319 e. The Kier molecular flexibility index (Phi) is 3.84. The van der Waals surface area contributed by atoms with Gasteiger partial charge in [-0.05, 0) is 30.0 Å². The molecule has 2 atom stereocenters. The molecule has 1 aliphatic rings. The van der Waals surface area contributed by atoms with Crippen molar-refractivity contribution in [2.24, 2.45) is 0 Å². The van der Waals surface area contributed by atoms with Gasteiger partial charge in [0.1, 0.15) is 11.6 Å². The van der Waals surface area contributed by atoms with Gasteiger partial charge in [-0.3, -0.25) is 0 Å². The summed E-state index contributed by atoms with van der Waals surface area (Å²) in [5.41, 5.74) is 0.753. The number of amides is 2. The van der Waals surface area contributed by atoms with Crippen LogP contribution in [-0.2, 0) is 0 Å². The molecule has 0 saturated heterocycles. The smallest absolute Gasteiger partial charge is 0.319 e. The SMILES string of the molecule is O=C(Nc1cccc2ccccc12)N[C@H]1C[C@@H]1c1c(F)cccc1F. The van der Waals surface area contributed by atoms with E-state index in [-0.39, 0.29) is 23.6 Å². The maximum atomic E-state index is 13.8. The van der Waals surface area contributed by atoms with E-state index < -0.39 is 11.6 Å². The topological polar surface area (TPSA) is 41.1 Å². The van der Waals surface area contributed by atoms with Gasteiger partial charge in [0.05, 0.1) is 5.69 Å². The molecule has 1 fully saturated rings. The van der Waals surface area contributed by atoms with Crippen LogP contribution in [0.2, 0.25) is 0 Å². The minimum absolute atomic E-state index is 0.0537. The van der Waals surface area contributed by atoms with Gasteiger partial charge in [0.2, 0.25) is 0 Å². The number of carbonyl (C=O) groups excluding carboxylic acids is 1. The van der Waals surface area contributed by atoms with E-state index in [2.05, 4.69) is 10.6 Å². The van der Waals surface area contributed by atoms with E-state index in [0.717, 1.165) is 10.8 Å². The van der Waals surface area contributed by atoms with Crippen LogP contribution in [0.15, 0.2) is 60.7 Å². The van der Waals surface area contributed by atoms with Gasteiger partial charge in [0.25, 0.3) is 0 Å². The Balaban J connectivity index is 1.45. The second kappa shape index (κ2) is 6.16. The number of hydrogen-bond donors (Lipinski definition) is 2. The van der Waals surface area contributed by atoms with Crippen molar-refractivity contribution in [2.75, 3.05) is 5.32 Å². The number of urea groups is 1. The fourth-order valence-corrected chi connectivity index (χ4v) is 3.20. The summed E-state index contributed by atoms with van der Waals surface area (Å²) in [7, 11) is 0. The predicted octanol–water partition coefficient (Wildman–Crippen LogP) is 4.80. The first kappa shape index (κ1) is 15.6. The molecular weight excluding hydrogens is 322 g/mol. The quantitative estimate of drug-likeness (QED) is 0.708. The second-order valence-electron chi connectivity index (χ2n) is 6.21. The standard InChI is InChI=1S/C20H16F2N2O/c21-15-8-4-9-16(22)19(15)14-11-18(14)24-20(25)23-17-10-3-6-12-5-1-2-7-13(12)17/h1-10,14,18H,11H2,(H2,23,24,25)/t14-,18-/m0/s1. The van der Waals surface area contributed by atoms with E-state index in [0.29, 0.717) is 12.1 Å². The van der Waals surface area contributed by atoms with Crippen LogP contribution in [0, 0.1) is 11.6 Å². The van der Waals surface area contributed by atoms with Crippen molar-refractivity contribution in [3.05, 3.63) is 77.9 Å². The van der Waals surface area contributed by atoms with Gasteiger partial charge in [-0.25, -0.2) is 13.6 Å². The molecule has 3 aromatic rings. The molecule has 0 bridgehead atoms. The number of fused-ring (bicyclic) bond motifs is 1. The molecular formula is C20H16F2N2O. The highest BCUT2D eigenvalue weighted by Crippen LogP contribution is 2.43. The molecule has 0 unspecified atom stereocenters. The molecule has 4 rings (SSSR count). The van der Waals surface area contributed by atoms with Crippen molar-refractivity contribution in [1.29, 1.82) is 0 Å². The van der Waals surface area contributed by atoms with Crippen LogP contribution in [0.3, 0.4) is 0 Å². The monoisotopic (exact) mass is 338 g/mol. The van der Waals surface area contributed by atoms with Crippen LogP contribution >= 0.6 is 0 Å². The molecule has 2 N–H and O–H groups in total. The van der Waals surface area contributed by atoms with Crippen molar-refractivity contribution < 1.29 is 13.6 Å². The van der Waals surface area contributed by atoms with Crippen molar-refractivity contribution in [3.8, 4) is 0 Å². The minimum atomic E-state index is -0.566. The average Bonchev–Trinajstić information content (AvgIpc) is 3.33. The Morgan fingerprint density at radius 3 is 2.40 bits per heavy atom. The van der Waals surface area contributed by atoms with E-state index in [1.54, 1.807) is 0 Å². The predicted molar refractivity (Wildman–Crippen MR) is 93.6 cm³/mol. The third-order valence-corrected chi connectivity index (χ3v) is 4.52. The summed E-state index contributed by atoms with van der Waals surface area (Å²) < 4.78 is 27.6. The maximum absolute atomic E-state index is 13.8. The highest BCUT2D eigenvalue weighted by molar-refractivity contribution is 6.01. The Morgan fingerprint density at radius 1 is 0.920 bits per heavy atom. The summed E-state index contributed by atoms with van der Waals surface area (Å²) in [4.78, 5) is 12.2. The van der Waals surface area contributed by atoms with Gasteiger partial charge in [-0.1, -0.05) is 42.5 Å². The number of rotatable bonds is 3. The fourth-order valence-electron chi connectivity index (χ4n) is 3.20. The Labute approximate surface area is 143 Å². The van der Waals surface area contributed by atoms with Crippen molar-refractivity contribution in [1.82, 2.24) is 5.32 Å². The zero-order valence-electron chi connectivity index (χ0n) is 13.3. The van der Waals surface area contributed by atoms with Gasteiger partial charge in [0, 0.05) is 22.9 Å². The summed E-state index contributed by atoms with van der Waals surface area (Å²) in [6.07, 6.45) is 0.529. The van der Waals surface area contributed by atoms with Crippen LogP contribution in [0.5, 0.6) is 0 Å². The molecule has 0 radical (unpaired) electrons. The summed E-state index contributed by atoms with van der Waals surface area (Å²) in [6, 6.07) is 16.6. The van der Waals surface area contributed by atoms with Gasteiger partial charge in [-0.2, -0.15) is 0 Å². The summed E-state index contributed by atoms with van der Waals surface area (Å²) >= 11 is 0. The van der Waals surface area contributed by atoms with Crippen molar-refractivity contribution in [3.63, 3.8) is 0 Å².